The molecule has 1 rings (SSSR count). The highest BCUT2D eigenvalue weighted by Gasteiger charge is 2.12. The fraction of sp³-hybridized carbons (Fsp3) is 0.600. The highest BCUT2D eigenvalue weighted by atomic mass is 16.5. The number of aliphatic imine (C=N–C) groups is 1. The Labute approximate surface area is 95.0 Å². The highest BCUT2D eigenvalue weighted by Crippen LogP contribution is 2.00. The summed E-state index contributed by atoms with van der Waals surface area (Å²) in [5, 5.41) is 9.41. The molecule has 1 aliphatic rings. The zero-order valence-corrected chi connectivity index (χ0v) is 9.68. The lowest BCUT2D eigenvalue weighted by Gasteiger charge is -2.13. The first-order chi connectivity index (χ1) is 7.50. The molecule has 0 aromatic carbocycles. The molecule has 6 heteroatoms. The van der Waals surface area contributed by atoms with Gasteiger partial charge in [0.2, 0.25) is 0 Å². The molecule has 0 aliphatic carbocycles. The van der Waals surface area contributed by atoms with E-state index >= 15 is 0 Å². The molecule has 0 saturated carbocycles. The highest BCUT2D eigenvalue weighted by molar-refractivity contribution is 6.04. The van der Waals surface area contributed by atoms with E-state index in [4.69, 9.17) is 10.9 Å². The van der Waals surface area contributed by atoms with Crippen LogP contribution in [0.3, 0.4) is 0 Å². The molecule has 0 saturated heterocycles. The number of nitrogens with two attached hydrogens (primary N) is 1. The van der Waals surface area contributed by atoms with E-state index in [0.717, 1.165) is 25.2 Å². The molecule has 1 amide bonds. The quantitative estimate of drug-likeness (QED) is 0.376. The Hall–Kier alpha value is -1.40. The second kappa shape index (κ2) is 5.62. The standard InChI is InChI=1S/C10H18N4O2/c1-13-5-3-4-12-8(7-13)6-9(11)10(15)14(2)16/h6,16H,3-5,7,11H2,1-2H3/b9-6-. The summed E-state index contributed by atoms with van der Waals surface area (Å²) in [7, 11) is 3.23. The van der Waals surface area contributed by atoms with Crippen molar-refractivity contribution in [1.29, 1.82) is 0 Å². The van der Waals surface area contributed by atoms with Gasteiger partial charge in [-0.15, -0.1) is 0 Å². The molecule has 0 aromatic heterocycles. The van der Waals surface area contributed by atoms with Crippen LogP contribution in [0.15, 0.2) is 16.8 Å². The van der Waals surface area contributed by atoms with Gasteiger partial charge in [-0.25, -0.2) is 5.06 Å². The summed E-state index contributed by atoms with van der Waals surface area (Å²) in [6.45, 7) is 2.39. The Kier molecular flexibility index (Phi) is 4.45. The normalized spacial score (nSPS) is 18.9. The fourth-order valence-electron chi connectivity index (χ4n) is 1.49. The van der Waals surface area contributed by atoms with E-state index in [9.17, 15) is 4.79 Å². The lowest BCUT2D eigenvalue weighted by atomic mass is 10.2. The van der Waals surface area contributed by atoms with Gasteiger partial charge in [0.1, 0.15) is 5.70 Å². The average molecular weight is 226 g/mol. The first-order valence-corrected chi connectivity index (χ1v) is 5.16. The van der Waals surface area contributed by atoms with Crippen LogP contribution in [0.1, 0.15) is 6.42 Å². The minimum Gasteiger partial charge on any atom is -0.394 e. The Balaban J connectivity index is 2.73. The third kappa shape index (κ3) is 3.63. The van der Waals surface area contributed by atoms with E-state index in [-0.39, 0.29) is 5.70 Å². The molecular formula is C10H18N4O2. The molecule has 0 aromatic rings. The second-order valence-electron chi connectivity index (χ2n) is 3.89. The van der Waals surface area contributed by atoms with Crippen LogP contribution in [0.5, 0.6) is 0 Å². The van der Waals surface area contributed by atoms with E-state index in [1.165, 1.54) is 13.1 Å². The molecule has 3 N–H and O–H groups in total. The van der Waals surface area contributed by atoms with Crippen LogP contribution in [0.4, 0.5) is 0 Å². The zero-order valence-electron chi connectivity index (χ0n) is 9.68. The lowest BCUT2D eigenvalue weighted by Crippen LogP contribution is -2.30. The van der Waals surface area contributed by atoms with Crippen molar-refractivity contribution in [1.82, 2.24) is 9.96 Å². The average Bonchev–Trinajstić information content (AvgIpc) is 2.41. The second-order valence-corrected chi connectivity index (χ2v) is 3.89. The summed E-state index contributed by atoms with van der Waals surface area (Å²) >= 11 is 0. The summed E-state index contributed by atoms with van der Waals surface area (Å²) in [6.07, 6.45) is 2.53. The van der Waals surface area contributed by atoms with Gasteiger partial charge in [-0.2, -0.15) is 0 Å². The van der Waals surface area contributed by atoms with Crippen LogP contribution >= 0.6 is 0 Å². The molecule has 0 spiro atoms. The SMILES string of the molecule is CN1CCCN=C(/C=C(\N)C(=O)N(C)O)C1. The van der Waals surface area contributed by atoms with E-state index in [2.05, 4.69) is 9.89 Å². The van der Waals surface area contributed by atoms with Crippen molar-refractivity contribution in [3.8, 4) is 0 Å². The Bertz CT molecular complexity index is 323. The van der Waals surface area contributed by atoms with Gasteiger partial charge < -0.3 is 10.6 Å². The molecule has 90 valence electrons. The number of amides is 1. The molecule has 16 heavy (non-hydrogen) atoms. The summed E-state index contributed by atoms with van der Waals surface area (Å²) in [5.41, 5.74) is 6.33. The van der Waals surface area contributed by atoms with Crippen LogP contribution in [0.25, 0.3) is 0 Å². The van der Waals surface area contributed by atoms with Crippen molar-refractivity contribution < 1.29 is 10.0 Å². The van der Waals surface area contributed by atoms with Gasteiger partial charge in [0.05, 0.1) is 5.71 Å². The van der Waals surface area contributed by atoms with E-state index < -0.39 is 5.91 Å². The van der Waals surface area contributed by atoms with Crippen LogP contribution in [-0.2, 0) is 4.79 Å². The summed E-state index contributed by atoms with van der Waals surface area (Å²) < 4.78 is 0. The molecule has 6 nitrogen and oxygen atoms in total. The van der Waals surface area contributed by atoms with Crippen molar-refractivity contribution in [2.24, 2.45) is 10.7 Å². The fourth-order valence-corrected chi connectivity index (χ4v) is 1.49. The van der Waals surface area contributed by atoms with Crippen molar-refractivity contribution in [3.63, 3.8) is 0 Å². The van der Waals surface area contributed by atoms with Crippen molar-refractivity contribution >= 4 is 11.6 Å². The van der Waals surface area contributed by atoms with E-state index in [1.807, 2.05) is 7.05 Å². The number of hydroxylamine groups is 2. The number of hydrogen-bond donors (Lipinski definition) is 2. The predicted octanol–water partition coefficient (Wildman–Crippen LogP) is -0.547. The van der Waals surface area contributed by atoms with Crippen LogP contribution in [0, 0.1) is 0 Å². The number of carbonyl (C=O) groups excluding carboxylic acids is 1. The van der Waals surface area contributed by atoms with Gasteiger partial charge in [-0.3, -0.25) is 15.0 Å². The molecule has 0 fully saturated rings. The molecule has 0 bridgehead atoms. The largest absolute Gasteiger partial charge is 0.394 e. The Morgan fingerprint density at radius 1 is 1.69 bits per heavy atom. The number of rotatable bonds is 2. The van der Waals surface area contributed by atoms with Crippen LogP contribution < -0.4 is 5.73 Å². The molecule has 0 atom stereocenters. The van der Waals surface area contributed by atoms with E-state index in [0.29, 0.717) is 11.6 Å². The summed E-state index contributed by atoms with van der Waals surface area (Å²) in [4.78, 5) is 17.7. The number of nitrogens with zero attached hydrogens (tertiary/aromatic N) is 3. The molecular weight excluding hydrogens is 208 g/mol. The number of likely N-dealkylation sites (N-methyl/N-ethyl adjacent to an activating group) is 1. The smallest absolute Gasteiger partial charge is 0.292 e. The van der Waals surface area contributed by atoms with E-state index in [1.54, 1.807) is 0 Å². The lowest BCUT2D eigenvalue weighted by molar-refractivity contribution is -0.154. The van der Waals surface area contributed by atoms with Gasteiger partial charge in [0.25, 0.3) is 5.91 Å². The Morgan fingerprint density at radius 2 is 2.38 bits per heavy atom. The van der Waals surface area contributed by atoms with Gasteiger partial charge in [-0.05, 0) is 19.5 Å². The van der Waals surface area contributed by atoms with Crippen molar-refractivity contribution in [3.05, 3.63) is 11.8 Å². The first-order valence-electron chi connectivity index (χ1n) is 5.16. The minimum atomic E-state index is -0.616. The van der Waals surface area contributed by atoms with Crippen LogP contribution in [0.2, 0.25) is 0 Å². The predicted molar refractivity (Wildman–Crippen MR) is 61.2 cm³/mol. The topological polar surface area (TPSA) is 82.2 Å². The molecule has 1 aliphatic heterocycles. The first kappa shape index (κ1) is 12.7. The third-order valence-corrected chi connectivity index (χ3v) is 2.31. The minimum absolute atomic E-state index is 0.000880. The maximum Gasteiger partial charge on any atom is 0.292 e. The third-order valence-electron chi connectivity index (χ3n) is 2.31. The summed E-state index contributed by atoms with van der Waals surface area (Å²) in [6, 6.07) is 0. The summed E-state index contributed by atoms with van der Waals surface area (Å²) in [5.74, 6) is -0.616. The number of hydrogen-bond acceptors (Lipinski definition) is 5. The molecule has 0 unspecified atom stereocenters. The molecule has 1 heterocycles. The van der Waals surface area contributed by atoms with Crippen LogP contribution in [-0.4, -0.2) is 60.5 Å². The van der Waals surface area contributed by atoms with Gasteiger partial charge >= 0.3 is 0 Å². The molecule has 0 radical (unpaired) electrons. The van der Waals surface area contributed by atoms with Gasteiger partial charge in [0, 0.05) is 26.7 Å². The number of carbonyl (C=O) groups is 1. The zero-order chi connectivity index (χ0) is 12.1. The van der Waals surface area contributed by atoms with Gasteiger partial charge in [-0.1, -0.05) is 0 Å². The van der Waals surface area contributed by atoms with Gasteiger partial charge in [0.15, 0.2) is 0 Å². The van der Waals surface area contributed by atoms with Crippen molar-refractivity contribution in [2.45, 2.75) is 6.42 Å². The Morgan fingerprint density at radius 3 is 3.00 bits per heavy atom. The maximum absolute atomic E-state index is 11.3. The monoisotopic (exact) mass is 226 g/mol. The maximum atomic E-state index is 11.3. The van der Waals surface area contributed by atoms with Crippen molar-refractivity contribution in [2.75, 3.05) is 33.7 Å².